The second-order valence-electron chi connectivity index (χ2n) is 37.2. The predicted molar refractivity (Wildman–Crippen MR) is 467 cm³/mol. The van der Waals surface area contributed by atoms with Gasteiger partial charge in [0, 0.05) is 193 Å². The summed E-state index contributed by atoms with van der Waals surface area (Å²) in [7, 11) is 2.05. The summed E-state index contributed by atoms with van der Waals surface area (Å²) in [6, 6.07) is 22.5. The third-order valence-corrected chi connectivity index (χ3v) is 26.5. The molecule has 8 aromatic rings. The summed E-state index contributed by atoms with van der Waals surface area (Å²) in [6.07, 6.45) is 5.02. The number of hydrogen-bond acceptors (Lipinski definition) is 15. The van der Waals surface area contributed by atoms with Crippen LogP contribution in [0.4, 0.5) is 44.7 Å². The number of nitrogens with two attached hydrogens (primary N) is 1. The molecule has 35 heteroatoms. The maximum absolute atomic E-state index is 13.5. The summed E-state index contributed by atoms with van der Waals surface area (Å²) in [6.45, 7) is 16.4. The minimum absolute atomic E-state index is 0. The van der Waals surface area contributed by atoms with Crippen molar-refractivity contribution in [3.05, 3.63) is 140 Å². The number of nitrogens with zero attached hydrogens (tertiary/aromatic N) is 7. The van der Waals surface area contributed by atoms with Gasteiger partial charge in [0.15, 0.2) is 17.3 Å². The topological polar surface area (TPSA) is 290 Å². The molecule has 0 spiro atoms. The number of carbonyl (C=O) groups excluding carboxylic acids is 5. The molecule has 8 heterocycles. The van der Waals surface area contributed by atoms with E-state index in [0.29, 0.717) is 79.8 Å². The smallest absolute Gasteiger partial charge is 0.410 e. The molecule has 4 aromatic carbocycles. The number of ether oxygens (including phenoxy) is 2. The Hall–Kier alpha value is -7.33. The molecular formula is C90H112Cl5F8N9O13. The van der Waals surface area contributed by atoms with Crippen LogP contribution in [0, 0.1) is 0 Å². The van der Waals surface area contributed by atoms with Crippen LogP contribution in [0.25, 0.3) is 43.6 Å². The highest BCUT2D eigenvalue weighted by Crippen LogP contribution is 2.47. The number of likely N-dealkylation sites (N-methyl/N-ethyl adjacent to an activating group) is 1. The maximum atomic E-state index is 13.5. The van der Waals surface area contributed by atoms with Gasteiger partial charge >= 0.3 is 18.2 Å². The first-order valence-corrected chi connectivity index (χ1v) is 43.8. The summed E-state index contributed by atoms with van der Waals surface area (Å²) < 4.78 is 124. The third kappa shape index (κ3) is 23.8. The van der Waals surface area contributed by atoms with Crippen LogP contribution in [0.3, 0.4) is 0 Å². The van der Waals surface area contributed by atoms with Gasteiger partial charge in [-0.05, 0) is 168 Å². The molecule has 0 atom stereocenters. The Morgan fingerprint density at radius 1 is 0.408 bits per heavy atom. The van der Waals surface area contributed by atoms with Gasteiger partial charge in [0.05, 0.1) is 94.3 Å². The highest BCUT2D eigenvalue weighted by atomic mass is 35.5. The van der Waals surface area contributed by atoms with E-state index in [1.165, 1.54) is 0 Å². The molecule has 4 aliphatic heterocycles. The number of rotatable bonds is 18. The van der Waals surface area contributed by atoms with E-state index < -0.39 is 63.3 Å². The van der Waals surface area contributed by atoms with E-state index in [2.05, 4.69) is 26.4 Å². The third-order valence-electron chi connectivity index (χ3n) is 25.2. The van der Waals surface area contributed by atoms with Crippen LogP contribution < -0.4 is 11.1 Å². The van der Waals surface area contributed by atoms with Gasteiger partial charge in [-0.15, -0.1) is 12.4 Å². The number of hydrogen-bond donors (Lipinski definition) is 7. The van der Waals surface area contributed by atoms with Crippen molar-refractivity contribution in [3.8, 4) is 0 Å². The number of likely N-dealkylation sites (tertiary alicyclic amines) is 3. The molecular weight excluding hydrogens is 1740 g/mol. The number of halogens is 13. The standard InChI is InChI=1S/C25H31ClF2N2O4.C21H25ClF2N2O2.C20H23ClF2N2O2.C17H19ClN2O4.C7H13F2NO.ClH/c1-23(2,3)34-22(32)29-13-16(14-29)30-15-17(21-18(26)5-4-6-19(21)30)20(31)7-8-24(33)9-11-25(27,28)12-10-24;1-25-11-14(12-25)26-13-15(19-16(22)3-2-4-17(19)26)18(27)5-6-20(28)7-9-21(23,24)10-8-20;21-15-2-1-3-16-18(15)14(12-25(16)13-10-24-11-13)17(26)4-5-19(27)6-8-20(22,23)9-7-19;1-17(2,3)24-16(23)19-7-10(8-19)20-9-11(15(21)22)14-12(18)5-4-6-13(14)20;8-7(9)3-1-6(11,5-10)2-4-7;/h4-6,15-16,33H,7-14H2,1-3H3;2-4,13-14,28H,5-12H2,1H3;1-3,12-13,24,27H,4-11H2;4-6,9-10H,7-8H2,1-3H3,(H,21,22);11H,1-5,10H2;1H. The number of aromatic nitrogens is 4. The molecule has 16 rings (SSSR count). The molecule has 4 saturated carbocycles. The van der Waals surface area contributed by atoms with E-state index in [0.717, 1.165) is 59.0 Å². The van der Waals surface area contributed by atoms with Crippen molar-refractivity contribution in [1.82, 2.24) is 38.3 Å². The summed E-state index contributed by atoms with van der Waals surface area (Å²) in [5, 5.41) is 58.5. The molecule has 4 aliphatic carbocycles. The van der Waals surface area contributed by atoms with Crippen molar-refractivity contribution >= 4 is 138 Å². The van der Waals surface area contributed by atoms with Gasteiger partial charge < -0.3 is 79.0 Å². The molecule has 4 saturated heterocycles. The van der Waals surface area contributed by atoms with Crippen LogP contribution in [-0.4, -0.2) is 217 Å². The Kier molecular flexibility index (Phi) is 30.2. The fourth-order valence-electron chi connectivity index (χ4n) is 17.3. The van der Waals surface area contributed by atoms with Gasteiger partial charge in [-0.2, -0.15) is 0 Å². The van der Waals surface area contributed by atoms with E-state index in [9.17, 15) is 89.4 Å². The van der Waals surface area contributed by atoms with Crippen molar-refractivity contribution in [2.24, 2.45) is 5.73 Å². The second kappa shape index (κ2) is 38.4. The summed E-state index contributed by atoms with van der Waals surface area (Å²) in [5.74, 6) is -12.1. The second-order valence-corrected chi connectivity index (χ2v) is 38.8. The average molecular weight is 1860 g/mol. The summed E-state index contributed by atoms with van der Waals surface area (Å²) in [4.78, 5) is 80.3. The Morgan fingerprint density at radius 2 is 0.656 bits per heavy atom. The van der Waals surface area contributed by atoms with E-state index in [1.54, 1.807) is 52.5 Å². The number of benzene rings is 4. The van der Waals surface area contributed by atoms with Crippen LogP contribution >= 0.6 is 58.8 Å². The molecule has 4 aromatic heterocycles. The number of alkyl halides is 8. The van der Waals surface area contributed by atoms with Crippen molar-refractivity contribution in [3.63, 3.8) is 0 Å². The number of Topliss-reactive ketones (excluding diaryl/α,β-unsaturated/α-hetero) is 3. The Bertz CT molecular complexity index is 5210. The van der Waals surface area contributed by atoms with Crippen LogP contribution in [0.2, 0.25) is 20.1 Å². The van der Waals surface area contributed by atoms with E-state index in [-0.39, 0.29) is 213 Å². The number of nitrogens with one attached hydrogen (secondary N) is 1. The number of aliphatic hydroxyl groups is 4. The number of fused-ring (bicyclic) bond motifs is 4. The van der Waals surface area contributed by atoms with Gasteiger partial charge in [-0.25, -0.2) is 49.5 Å². The zero-order valence-electron chi connectivity index (χ0n) is 71.1. The molecule has 8 aliphatic rings. The first-order valence-electron chi connectivity index (χ1n) is 42.3. The van der Waals surface area contributed by atoms with E-state index in [1.807, 2.05) is 106 Å². The zero-order valence-corrected chi connectivity index (χ0v) is 75.0. The first-order chi connectivity index (χ1) is 57.9. The van der Waals surface area contributed by atoms with Gasteiger partial charge in [0.2, 0.25) is 23.7 Å². The first kappa shape index (κ1) is 98.3. The van der Waals surface area contributed by atoms with Gasteiger partial charge in [0.25, 0.3) is 0 Å². The van der Waals surface area contributed by atoms with Crippen LogP contribution in [0.5, 0.6) is 0 Å². The molecule has 0 bridgehead atoms. The van der Waals surface area contributed by atoms with Crippen molar-refractivity contribution in [2.75, 3.05) is 66.0 Å². The Balaban J connectivity index is 0.000000156. The lowest BCUT2D eigenvalue weighted by molar-refractivity contribution is -0.106. The predicted octanol–water partition coefficient (Wildman–Crippen LogP) is 20.1. The van der Waals surface area contributed by atoms with Crippen LogP contribution in [-0.2, 0) is 9.47 Å². The average Bonchev–Trinajstić information content (AvgIpc) is 1.62. The minimum Gasteiger partial charge on any atom is -0.478 e. The highest BCUT2D eigenvalue weighted by Gasteiger charge is 2.47. The Morgan fingerprint density at radius 3 is 0.896 bits per heavy atom. The molecule has 8 fully saturated rings. The van der Waals surface area contributed by atoms with Gasteiger partial charge in [0.1, 0.15) is 11.2 Å². The quantitative estimate of drug-likeness (QED) is 0.0310. The van der Waals surface area contributed by atoms with Crippen molar-refractivity contribution in [2.45, 2.75) is 264 Å². The zero-order chi connectivity index (χ0) is 90.4. The molecule has 125 heavy (non-hydrogen) atoms. The normalized spacial score (nSPS) is 20.7. The number of amides is 2. The maximum Gasteiger partial charge on any atom is 0.410 e. The lowest BCUT2D eigenvalue weighted by Gasteiger charge is -2.40. The molecule has 22 nitrogen and oxygen atoms in total. The van der Waals surface area contributed by atoms with Crippen molar-refractivity contribution < 1.29 is 98.9 Å². The lowest BCUT2D eigenvalue weighted by Crippen LogP contribution is -2.52. The number of carbonyl (C=O) groups is 6. The lowest BCUT2D eigenvalue weighted by atomic mass is 9.79. The monoisotopic (exact) mass is 1850 g/mol. The molecule has 2 amide bonds. The minimum atomic E-state index is -2.74. The van der Waals surface area contributed by atoms with Crippen molar-refractivity contribution in [1.29, 1.82) is 0 Å². The van der Waals surface area contributed by atoms with E-state index in [4.69, 9.17) is 61.6 Å². The largest absolute Gasteiger partial charge is 0.478 e. The molecule has 0 unspecified atom stereocenters. The number of carboxylic acids is 1. The number of aromatic carboxylic acids is 1. The Labute approximate surface area is 746 Å². The summed E-state index contributed by atoms with van der Waals surface area (Å²) in [5.41, 5.74) is 4.61. The molecule has 686 valence electrons. The van der Waals surface area contributed by atoms with E-state index >= 15 is 0 Å². The molecule has 8 N–H and O–H groups in total. The fraction of sp³-hybridized carbons (Fsp3) is 0.578. The van der Waals surface area contributed by atoms with Crippen LogP contribution in [0.15, 0.2) is 97.6 Å². The number of carboxylic acid groups (broad SMARTS) is 1. The summed E-state index contributed by atoms with van der Waals surface area (Å²) >= 11 is 25.4. The van der Waals surface area contributed by atoms with Crippen LogP contribution in [0.1, 0.15) is 248 Å². The van der Waals surface area contributed by atoms with Gasteiger partial charge in [-0.1, -0.05) is 70.7 Å². The molecule has 0 radical (unpaired) electrons. The SMILES string of the molecule is CC(C)(C)OC(=O)N1CC(n2cc(C(=O)CCC3(O)CCC(F)(F)CC3)c3c(Cl)cccc32)C1.CC(C)(C)OC(=O)N1CC(n2cc(C(=O)O)c3c(Cl)cccc32)C1.CN1CC(n2cc(C(=O)CCC3(O)CCC(F)(F)CC3)c3c(Cl)cccc32)C1.Cl.NCC1(O)CCC(F)(F)CC1.O=C(CCC1(O)CCC(F)(F)CC1)c1cn(C2CNC2)c2cccc(Cl)c12. The number of ketones is 3. The highest BCUT2D eigenvalue weighted by molar-refractivity contribution is 6.38. The van der Waals surface area contributed by atoms with Gasteiger partial charge in [-0.3, -0.25) is 14.4 Å². The fourth-order valence-corrected chi connectivity index (χ4v) is 18.4.